The lowest BCUT2D eigenvalue weighted by Gasteiger charge is -2.13. The summed E-state index contributed by atoms with van der Waals surface area (Å²) in [6.07, 6.45) is 1.87. The van der Waals surface area contributed by atoms with Gasteiger partial charge in [-0.2, -0.15) is 0 Å². The van der Waals surface area contributed by atoms with Gasteiger partial charge in [0.25, 0.3) is 5.91 Å². The monoisotopic (exact) mass is 437 g/mol. The molecule has 6 nitrogen and oxygen atoms in total. The maximum absolute atomic E-state index is 13.0. The second kappa shape index (κ2) is 7.17. The van der Waals surface area contributed by atoms with Crippen LogP contribution >= 0.6 is 27.5 Å². The van der Waals surface area contributed by atoms with Crippen LogP contribution < -0.4 is 14.8 Å². The number of carbonyl (C=O) groups is 1. The molecule has 8 heteroatoms. The number of fused-ring (bicyclic) bond motifs is 1. The van der Waals surface area contributed by atoms with E-state index in [9.17, 15) is 4.79 Å². The minimum Gasteiger partial charge on any atom is -0.495 e. The summed E-state index contributed by atoms with van der Waals surface area (Å²) in [5.41, 5.74) is 3.20. The van der Waals surface area contributed by atoms with Crippen LogP contribution in [-0.4, -0.2) is 29.5 Å². The second-order valence-electron chi connectivity index (χ2n) is 5.75. The highest BCUT2D eigenvalue weighted by Crippen LogP contribution is 2.36. The van der Waals surface area contributed by atoms with Crippen LogP contribution in [0.15, 0.2) is 28.9 Å². The largest absolute Gasteiger partial charge is 0.495 e. The maximum Gasteiger partial charge on any atom is 0.274 e. The van der Waals surface area contributed by atoms with Gasteiger partial charge in [-0.05, 0) is 41.4 Å². The summed E-state index contributed by atoms with van der Waals surface area (Å²) in [6, 6.07) is 5.17. The predicted molar refractivity (Wildman–Crippen MR) is 105 cm³/mol. The van der Waals surface area contributed by atoms with E-state index in [0.29, 0.717) is 39.2 Å². The van der Waals surface area contributed by atoms with Gasteiger partial charge in [0.15, 0.2) is 5.65 Å². The first-order valence-corrected chi connectivity index (χ1v) is 8.90. The number of ether oxygens (including phenoxy) is 2. The van der Waals surface area contributed by atoms with Gasteiger partial charge in [0.2, 0.25) is 0 Å². The van der Waals surface area contributed by atoms with E-state index in [2.05, 4.69) is 26.2 Å². The van der Waals surface area contributed by atoms with Crippen LogP contribution in [0.2, 0.25) is 5.02 Å². The highest BCUT2D eigenvalue weighted by Gasteiger charge is 2.20. The van der Waals surface area contributed by atoms with Gasteiger partial charge in [-0.3, -0.25) is 9.20 Å². The number of carbonyl (C=O) groups excluding carboxylic acids is 1. The van der Waals surface area contributed by atoms with E-state index in [-0.39, 0.29) is 5.91 Å². The zero-order chi connectivity index (χ0) is 19.0. The average molecular weight is 439 g/mol. The summed E-state index contributed by atoms with van der Waals surface area (Å²) >= 11 is 9.61. The van der Waals surface area contributed by atoms with Crippen LogP contribution in [0.1, 0.15) is 21.7 Å². The zero-order valence-electron chi connectivity index (χ0n) is 14.7. The van der Waals surface area contributed by atoms with Crippen molar-refractivity contribution in [1.29, 1.82) is 0 Å². The van der Waals surface area contributed by atoms with Crippen LogP contribution in [0.5, 0.6) is 11.5 Å². The van der Waals surface area contributed by atoms with Gasteiger partial charge in [0.1, 0.15) is 17.2 Å². The van der Waals surface area contributed by atoms with E-state index >= 15 is 0 Å². The fourth-order valence-electron chi connectivity index (χ4n) is 2.76. The first-order valence-electron chi connectivity index (χ1n) is 7.73. The molecule has 0 unspecified atom stereocenters. The molecule has 0 aliphatic heterocycles. The van der Waals surface area contributed by atoms with Crippen molar-refractivity contribution in [3.63, 3.8) is 0 Å². The molecule has 26 heavy (non-hydrogen) atoms. The molecule has 0 bridgehead atoms. The minimum absolute atomic E-state index is 0.310. The molecule has 136 valence electrons. The zero-order valence-corrected chi connectivity index (χ0v) is 17.0. The summed E-state index contributed by atoms with van der Waals surface area (Å²) in [6.45, 7) is 3.75. The summed E-state index contributed by atoms with van der Waals surface area (Å²) in [5.74, 6) is 0.569. The fourth-order valence-corrected chi connectivity index (χ4v) is 3.63. The Morgan fingerprint density at radius 1 is 1.19 bits per heavy atom. The first-order chi connectivity index (χ1) is 12.3. The molecule has 0 saturated heterocycles. The number of benzene rings is 1. The van der Waals surface area contributed by atoms with Crippen molar-refractivity contribution in [1.82, 2.24) is 9.38 Å². The Labute approximate surface area is 164 Å². The number of nitrogens with zero attached hydrogens (tertiary/aromatic N) is 2. The van der Waals surface area contributed by atoms with Gasteiger partial charge in [-0.15, -0.1) is 0 Å². The van der Waals surface area contributed by atoms with E-state index in [1.54, 1.807) is 23.5 Å². The molecule has 0 saturated carbocycles. The van der Waals surface area contributed by atoms with Gasteiger partial charge in [0, 0.05) is 18.3 Å². The molecule has 0 fully saturated rings. The van der Waals surface area contributed by atoms with Crippen molar-refractivity contribution in [2.24, 2.45) is 0 Å². The smallest absolute Gasteiger partial charge is 0.274 e. The SMILES string of the molecule is COc1cc(NC(=O)c2c(C)nc3c(Br)cc(C)cn23)c(OC)cc1Cl. The van der Waals surface area contributed by atoms with Crippen molar-refractivity contribution in [3.05, 3.63) is 50.8 Å². The number of anilines is 1. The molecule has 0 spiro atoms. The number of imidazole rings is 1. The molecule has 0 radical (unpaired) electrons. The number of methoxy groups -OCH3 is 2. The van der Waals surface area contributed by atoms with Crippen molar-refractivity contribution in [2.75, 3.05) is 19.5 Å². The number of rotatable bonds is 4. The molecule has 0 atom stereocenters. The first kappa shape index (κ1) is 18.5. The van der Waals surface area contributed by atoms with Crippen molar-refractivity contribution < 1.29 is 14.3 Å². The standard InChI is InChI=1S/C18H17BrClN3O3/c1-9-5-11(19)17-21-10(2)16(23(17)8-9)18(24)22-13-7-14(25-3)12(20)6-15(13)26-4/h5-8H,1-4H3,(H,22,24). The van der Waals surface area contributed by atoms with E-state index < -0.39 is 0 Å². The number of hydrogen-bond acceptors (Lipinski definition) is 4. The molecular weight excluding hydrogens is 422 g/mol. The van der Waals surface area contributed by atoms with Crippen LogP contribution in [-0.2, 0) is 0 Å². The highest BCUT2D eigenvalue weighted by molar-refractivity contribution is 9.10. The van der Waals surface area contributed by atoms with Crippen LogP contribution in [0.25, 0.3) is 5.65 Å². The molecular formula is C18H17BrClN3O3. The molecule has 1 aromatic carbocycles. The summed E-state index contributed by atoms with van der Waals surface area (Å²) < 4.78 is 13.1. The highest BCUT2D eigenvalue weighted by atomic mass is 79.9. The average Bonchev–Trinajstić information content (AvgIpc) is 2.92. The van der Waals surface area contributed by atoms with Crippen LogP contribution in [0.4, 0.5) is 5.69 Å². The number of aromatic nitrogens is 2. The van der Waals surface area contributed by atoms with Crippen LogP contribution in [0.3, 0.4) is 0 Å². The molecule has 0 aliphatic rings. The number of halogens is 2. The molecule has 1 N–H and O–H groups in total. The fraction of sp³-hybridized carbons (Fsp3) is 0.222. The number of aryl methyl sites for hydroxylation is 2. The molecule has 2 heterocycles. The molecule has 3 rings (SSSR count). The van der Waals surface area contributed by atoms with E-state index in [1.165, 1.54) is 14.2 Å². The topological polar surface area (TPSA) is 64.9 Å². The molecule has 2 aromatic heterocycles. The quantitative estimate of drug-likeness (QED) is 0.645. The number of amides is 1. The third-order valence-electron chi connectivity index (χ3n) is 3.92. The summed E-state index contributed by atoms with van der Waals surface area (Å²) in [4.78, 5) is 17.5. The predicted octanol–water partition coefficient (Wildman–Crippen LogP) is 4.64. The Kier molecular flexibility index (Phi) is 5.11. The third-order valence-corrected chi connectivity index (χ3v) is 4.80. The second-order valence-corrected chi connectivity index (χ2v) is 7.01. The van der Waals surface area contributed by atoms with Crippen molar-refractivity contribution in [2.45, 2.75) is 13.8 Å². The summed E-state index contributed by atoms with van der Waals surface area (Å²) in [7, 11) is 3.02. The number of nitrogens with one attached hydrogen (secondary N) is 1. The Hall–Kier alpha value is -2.25. The Morgan fingerprint density at radius 3 is 2.54 bits per heavy atom. The summed E-state index contributed by atoms with van der Waals surface area (Å²) in [5, 5.41) is 3.26. The van der Waals surface area contributed by atoms with Crippen molar-refractivity contribution >= 4 is 44.8 Å². The number of hydrogen-bond donors (Lipinski definition) is 1. The molecule has 1 amide bonds. The Balaban J connectivity index is 2.07. The van der Waals surface area contributed by atoms with E-state index in [1.807, 2.05) is 19.2 Å². The lowest BCUT2D eigenvalue weighted by atomic mass is 10.2. The van der Waals surface area contributed by atoms with E-state index in [0.717, 1.165) is 10.0 Å². The Bertz CT molecular complexity index is 1020. The normalized spacial score (nSPS) is 10.8. The van der Waals surface area contributed by atoms with Gasteiger partial charge in [0.05, 0.1) is 35.1 Å². The molecule has 0 aliphatic carbocycles. The van der Waals surface area contributed by atoms with E-state index in [4.69, 9.17) is 21.1 Å². The van der Waals surface area contributed by atoms with Crippen molar-refractivity contribution in [3.8, 4) is 11.5 Å². The van der Waals surface area contributed by atoms with Gasteiger partial charge < -0.3 is 14.8 Å². The van der Waals surface area contributed by atoms with Gasteiger partial charge in [-0.25, -0.2) is 4.98 Å². The van der Waals surface area contributed by atoms with Gasteiger partial charge in [-0.1, -0.05) is 11.6 Å². The van der Waals surface area contributed by atoms with Crippen LogP contribution in [0, 0.1) is 13.8 Å². The minimum atomic E-state index is -0.310. The lowest BCUT2D eigenvalue weighted by molar-refractivity contribution is 0.102. The molecule has 3 aromatic rings. The number of pyridine rings is 1. The lowest BCUT2D eigenvalue weighted by Crippen LogP contribution is -2.16. The maximum atomic E-state index is 13.0. The Morgan fingerprint density at radius 2 is 1.88 bits per heavy atom. The van der Waals surface area contributed by atoms with Gasteiger partial charge >= 0.3 is 0 Å². The third kappa shape index (κ3) is 3.24.